The lowest BCUT2D eigenvalue weighted by molar-refractivity contribution is -0.192. The molecule has 40 heavy (non-hydrogen) atoms. The van der Waals surface area contributed by atoms with Crippen molar-refractivity contribution in [3.8, 4) is 11.1 Å². The fraction of sp³-hybridized carbons (Fsp3) is 0.333. The lowest BCUT2D eigenvalue weighted by Gasteiger charge is -2.32. The summed E-state index contributed by atoms with van der Waals surface area (Å²) in [5, 5.41) is 20.4. The molecule has 1 saturated heterocycles. The average molecular weight is 578 g/mol. The topological polar surface area (TPSA) is 128 Å². The van der Waals surface area contributed by atoms with Gasteiger partial charge < -0.3 is 15.3 Å². The minimum atomic E-state index is -5.08. The number of amides is 1. The normalized spacial score (nSPS) is 18.9. The number of rotatable bonds is 6. The van der Waals surface area contributed by atoms with Gasteiger partial charge in [0, 0.05) is 48.5 Å². The number of aliphatic carboxylic acids is 1. The van der Waals surface area contributed by atoms with Gasteiger partial charge in [-0.15, -0.1) is 0 Å². The Morgan fingerprint density at radius 3 is 1.98 bits per heavy atom. The molecule has 2 unspecified atom stereocenters. The number of piperidine rings is 1. The third-order valence-corrected chi connectivity index (χ3v) is 7.03. The molecule has 1 aliphatic heterocycles. The van der Waals surface area contributed by atoms with Crippen LogP contribution in [0.2, 0.25) is 5.02 Å². The smallest absolute Gasteiger partial charge is 0.475 e. The minimum absolute atomic E-state index is 0.235. The monoisotopic (exact) mass is 577 g/mol. The van der Waals surface area contributed by atoms with Gasteiger partial charge in [-0.1, -0.05) is 48.0 Å². The maximum absolute atomic E-state index is 11.4. The van der Waals surface area contributed by atoms with E-state index in [0.717, 1.165) is 31.0 Å². The van der Waals surface area contributed by atoms with Crippen molar-refractivity contribution < 1.29 is 33.1 Å². The number of carbonyl (C=O) groups is 2. The molecule has 1 amide bonds. The Kier molecular flexibility index (Phi) is 9.23. The quantitative estimate of drug-likeness (QED) is 0.246. The van der Waals surface area contributed by atoms with Crippen molar-refractivity contribution in [3.63, 3.8) is 0 Å². The molecular weight excluding hydrogens is 551 g/mol. The molecule has 9 nitrogen and oxygen atoms in total. The summed E-state index contributed by atoms with van der Waals surface area (Å²) in [6.07, 6.45) is 1.02. The largest absolute Gasteiger partial charge is 0.490 e. The second-order valence-corrected chi connectivity index (χ2v) is 9.96. The van der Waals surface area contributed by atoms with E-state index < -0.39 is 18.1 Å². The van der Waals surface area contributed by atoms with Crippen LogP contribution in [-0.2, 0) is 4.79 Å². The first-order valence-electron chi connectivity index (χ1n) is 12.5. The number of anilines is 1. The van der Waals surface area contributed by atoms with Gasteiger partial charge in [0.2, 0.25) is 5.95 Å². The van der Waals surface area contributed by atoms with Gasteiger partial charge in [0.1, 0.15) is 0 Å². The highest BCUT2D eigenvalue weighted by atomic mass is 35.5. The van der Waals surface area contributed by atoms with E-state index in [9.17, 15) is 18.0 Å². The van der Waals surface area contributed by atoms with Crippen LogP contribution >= 0.6 is 11.6 Å². The summed E-state index contributed by atoms with van der Waals surface area (Å²) in [6.45, 7) is 1.74. The summed E-state index contributed by atoms with van der Waals surface area (Å²) >= 11 is 5.99. The first-order valence-corrected chi connectivity index (χ1v) is 12.9. The molecule has 2 atom stereocenters. The molecule has 0 spiro atoms. The van der Waals surface area contributed by atoms with Crippen molar-refractivity contribution in [2.75, 3.05) is 18.0 Å². The molecule has 1 saturated carbocycles. The van der Waals surface area contributed by atoms with Crippen LogP contribution in [0, 0.1) is 0 Å². The predicted molar refractivity (Wildman–Crippen MR) is 141 cm³/mol. The number of alkyl halides is 3. The fourth-order valence-electron chi connectivity index (χ4n) is 4.53. The molecule has 0 radical (unpaired) electrons. The number of nitrogens with zero attached hydrogens (tertiary/aromatic N) is 3. The zero-order valence-corrected chi connectivity index (χ0v) is 21.9. The molecule has 0 bridgehead atoms. The number of carbonyl (C=O) groups excluding carboxylic acids is 1. The standard InChI is InChI=1S/C25H26ClN5O2.C2HF3O2/c26-20-7-5-17(6-8-20)16-1-3-18(4-2-16)22-13-23(22)29-21-9-11-31(12-10-21)25-27-14-19(15-28-25)24(32)30-33;3-2(4,5)1(6)7/h1-8,14-15,21-23,29,33H,9-13H2,(H,30,32);(H,6,7). The molecule has 1 aromatic heterocycles. The number of aromatic nitrogens is 2. The summed E-state index contributed by atoms with van der Waals surface area (Å²) in [4.78, 5) is 31.0. The van der Waals surface area contributed by atoms with E-state index in [4.69, 9.17) is 26.7 Å². The molecule has 3 aromatic rings. The summed E-state index contributed by atoms with van der Waals surface area (Å²) in [7, 11) is 0. The molecular formula is C27H27ClF3N5O4. The number of hydrogen-bond acceptors (Lipinski definition) is 7. The van der Waals surface area contributed by atoms with Gasteiger partial charge in [0.15, 0.2) is 0 Å². The van der Waals surface area contributed by atoms with Gasteiger partial charge in [0.25, 0.3) is 5.91 Å². The predicted octanol–water partition coefficient (Wildman–Crippen LogP) is 4.66. The van der Waals surface area contributed by atoms with Gasteiger partial charge in [0.05, 0.1) is 5.56 Å². The Morgan fingerprint density at radius 2 is 1.48 bits per heavy atom. The van der Waals surface area contributed by atoms with Crippen LogP contribution < -0.4 is 15.7 Å². The minimum Gasteiger partial charge on any atom is -0.475 e. The highest BCUT2D eigenvalue weighted by molar-refractivity contribution is 6.30. The number of benzene rings is 2. The zero-order valence-electron chi connectivity index (χ0n) is 21.1. The Balaban J connectivity index is 0.000000470. The summed E-state index contributed by atoms with van der Waals surface area (Å²) < 4.78 is 31.7. The number of carboxylic acid groups (broad SMARTS) is 1. The Hall–Kier alpha value is -3.74. The second kappa shape index (κ2) is 12.6. The van der Waals surface area contributed by atoms with Gasteiger partial charge >= 0.3 is 12.1 Å². The van der Waals surface area contributed by atoms with Crippen LogP contribution in [0.3, 0.4) is 0 Å². The lowest BCUT2D eigenvalue weighted by Crippen LogP contribution is -2.44. The molecule has 2 heterocycles. The van der Waals surface area contributed by atoms with E-state index >= 15 is 0 Å². The number of nitrogens with one attached hydrogen (secondary N) is 2. The fourth-order valence-corrected chi connectivity index (χ4v) is 4.65. The van der Waals surface area contributed by atoms with Crippen LogP contribution in [0.1, 0.15) is 41.1 Å². The van der Waals surface area contributed by atoms with Crippen LogP contribution in [-0.4, -0.2) is 63.5 Å². The molecule has 212 valence electrons. The van der Waals surface area contributed by atoms with E-state index in [1.54, 1.807) is 5.48 Å². The van der Waals surface area contributed by atoms with Gasteiger partial charge in [-0.05, 0) is 48.1 Å². The van der Waals surface area contributed by atoms with Crippen LogP contribution in [0.4, 0.5) is 19.1 Å². The number of carboxylic acids is 1. The van der Waals surface area contributed by atoms with Crippen molar-refractivity contribution in [1.82, 2.24) is 20.8 Å². The molecule has 4 N–H and O–H groups in total. The highest BCUT2D eigenvalue weighted by Crippen LogP contribution is 2.42. The zero-order chi connectivity index (χ0) is 28.9. The molecule has 2 aromatic carbocycles. The van der Waals surface area contributed by atoms with E-state index in [1.165, 1.54) is 35.5 Å². The number of hydrogen-bond donors (Lipinski definition) is 4. The molecule has 13 heteroatoms. The Morgan fingerprint density at radius 1 is 0.950 bits per heavy atom. The maximum atomic E-state index is 11.4. The third-order valence-electron chi connectivity index (χ3n) is 6.78. The molecule has 5 rings (SSSR count). The highest BCUT2D eigenvalue weighted by Gasteiger charge is 2.40. The first kappa shape index (κ1) is 29.2. The van der Waals surface area contributed by atoms with Crippen molar-refractivity contribution in [1.29, 1.82) is 0 Å². The summed E-state index contributed by atoms with van der Waals surface area (Å²) in [6, 6.07) is 17.9. The maximum Gasteiger partial charge on any atom is 0.490 e. The van der Waals surface area contributed by atoms with Crippen molar-refractivity contribution in [2.24, 2.45) is 0 Å². The average Bonchev–Trinajstić information content (AvgIpc) is 3.72. The molecule has 2 aliphatic rings. The Labute approximate surface area is 233 Å². The van der Waals surface area contributed by atoms with Crippen molar-refractivity contribution >= 4 is 29.4 Å². The van der Waals surface area contributed by atoms with E-state index in [1.807, 2.05) is 12.1 Å². The van der Waals surface area contributed by atoms with Crippen molar-refractivity contribution in [2.45, 2.75) is 43.4 Å². The van der Waals surface area contributed by atoms with E-state index in [0.29, 0.717) is 23.9 Å². The summed E-state index contributed by atoms with van der Waals surface area (Å²) in [5.41, 5.74) is 5.61. The van der Waals surface area contributed by atoms with Gasteiger partial charge in [-0.25, -0.2) is 20.2 Å². The van der Waals surface area contributed by atoms with Gasteiger partial charge in [-0.3, -0.25) is 10.0 Å². The summed E-state index contributed by atoms with van der Waals surface area (Å²) in [5.74, 6) is -2.17. The molecule has 1 aliphatic carbocycles. The second-order valence-electron chi connectivity index (χ2n) is 9.52. The van der Waals surface area contributed by atoms with Crippen LogP contribution in [0.5, 0.6) is 0 Å². The Bertz CT molecular complexity index is 1300. The first-order chi connectivity index (χ1) is 19.0. The SMILES string of the molecule is O=C(NO)c1cnc(N2CCC(NC3CC3c3ccc(-c4ccc(Cl)cc4)cc3)CC2)nc1.O=C(O)C(F)(F)F. The van der Waals surface area contributed by atoms with Crippen molar-refractivity contribution in [3.05, 3.63) is 77.1 Å². The van der Waals surface area contributed by atoms with Crippen LogP contribution in [0.25, 0.3) is 11.1 Å². The van der Waals surface area contributed by atoms with Gasteiger partial charge in [-0.2, -0.15) is 13.2 Å². The van der Waals surface area contributed by atoms with Crippen LogP contribution in [0.15, 0.2) is 60.9 Å². The van der Waals surface area contributed by atoms with E-state index in [-0.39, 0.29) is 5.56 Å². The van der Waals surface area contributed by atoms with E-state index in [2.05, 4.69) is 56.6 Å². The third kappa shape index (κ3) is 7.68. The lowest BCUT2D eigenvalue weighted by atomic mass is 10.0. The number of hydroxylamine groups is 1. The number of halogens is 4. The molecule has 2 fully saturated rings.